The predicted molar refractivity (Wildman–Crippen MR) is 130 cm³/mol. The first-order valence-electron chi connectivity index (χ1n) is 9.57. The second kappa shape index (κ2) is 10.2. The molecule has 37 heavy (non-hydrogen) atoms. The van der Waals surface area contributed by atoms with Crippen molar-refractivity contribution in [3.63, 3.8) is 0 Å². The molecule has 3 rings (SSSR count). The quantitative estimate of drug-likeness (QED) is 0.0454. The van der Waals surface area contributed by atoms with Crippen LogP contribution >= 0.6 is 0 Å². The van der Waals surface area contributed by atoms with E-state index >= 15 is 0 Å². The number of nitrogens with zero attached hydrogens (tertiary/aromatic N) is 3. The van der Waals surface area contributed by atoms with Crippen LogP contribution in [0.25, 0.3) is 0 Å². The average molecular weight is 572 g/mol. The minimum atomic E-state index is -4.91. The maximum atomic E-state index is 11.7. The topological polar surface area (TPSA) is 258 Å². The summed E-state index contributed by atoms with van der Waals surface area (Å²) in [5, 5.41) is 21.5. The van der Waals surface area contributed by atoms with Crippen molar-refractivity contribution in [1.82, 2.24) is 0 Å². The first-order valence-corrected chi connectivity index (χ1v) is 13.9. The molecular formula is C19H17N5O10S3. The number of hydrogen-bond donors (Lipinski definition) is 6. The Hall–Kier alpha value is -3.94. The van der Waals surface area contributed by atoms with E-state index in [1.807, 2.05) is 0 Å². The zero-order valence-electron chi connectivity index (χ0n) is 18.2. The van der Waals surface area contributed by atoms with Gasteiger partial charge in [-0.15, -0.1) is 10.2 Å². The zero-order valence-corrected chi connectivity index (χ0v) is 20.6. The molecule has 0 unspecified atom stereocenters. The third-order valence-electron chi connectivity index (χ3n) is 4.48. The minimum Gasteiger partial charge on any atom is -0.504 e. The number of hydrogen-bond acceptors (Lipinski definition) is 11. The van der Waals surface area contributed by atoms with Crippen molar-refractivity contribution in [2.45, 2.75) is 14.7 Å². The SMILES string of the molecule is Nc1cc(S(=O)(=O)O)cc(NN=C(N=Nc2cc(S(=O)(=O)O)ccc2S(=O)(=O)O)c2ccccc2)c1O. The van der Waals surface area contributed by atoms with Crippen LogP contribution in [0.15, 0.2) is 90.7 Å². The molecule has 0 aliphatic rings. The second-order valence-electron chi connectivity index (χ2n) is 7.08. The summed E-state index contributed by atoms with van der Waals surface area (Å²) >= 11 is 0. The van der Waals surface area contributed by atoms with E-state index in [4.69, 9.17) is 5.73 Å². The van der Waals surface area contributed by atoms with Crippen LogP contribution in [0, 0.1) is 0 Å². The lowest BCUT2D eigenvalue weighted by Crippen LogP contribution is -2.05. The molecule has 0 atom stereocenters. The van der Waals surface area contributed by atoms with Gasteiger partial charge in [-0.1, -0.05) is 30.3 Å². The molecule has 0 saturated heterocycles. The van der Waals surface area contributed by atoms with Gasteiger partial charge in [0.05, 0.1) is 15.5 Å². The van der Waals surface area contributed by atoms with E-state index in [-0.39, 0.29) is 17.1 Å². The van der Waals surface area contributed by atoms with Crippen LogP contribution < -0.4 is 11.2 Å². The summed E-state index contributed by atoms with van der Waals surface area (Å²) in [6.07, 6.45) is 0. The molecule has 0 radical (unpaired) electrons. The fraction of sp³-hybridized carbons (Fsp3) is 0. The van der Waals surface area contributed by atoms with Gasteiger partial charge >= 0.3 is 0 Å². The van der Waals surface area contributed by atoms with Gasteiger partial charge in [-0.25, -0.2) is 0 Å². The summed E-state index contributed by atoms with van der Waals surface area (Å²) in [6, 6.07) is 11.4. The Morgan fingerprint density at radius 1 is 0.784 bits per heavy atom. The summed E-state index contributed by atoms with van der Waals surface area (Å²) < 4.78 is 97.3. The Morgan fingerprint density at radius 2 is 1.41 bits per heavy atom. The van der Waals surface area contributed by atoms with Gasteiger partial charge < -0.3 is 10.8 Å². The summed E-state index contributed by atoms with van der Waals surface area (Å²) in [4.78, 5) is -2.24. The summed E-state index contributed by atoms with van der Waals surface area (Å²) in [7, 11) is -14.4. The van der Waals surface area contributed by atoms with Gasteiger partial charge in [-0.05, 0) is 30.3 Å². The molecule has 3 aromatic carbocycles. The number of aromatic hydroxyl groups is 1. The highest BCUT2D eigenvalue weighted by Crippen LogP contribution is 2.33. The Kier molecular flexibility index (Phi) is 7.62. The second-order valence-corrected chi connectivity index (χ2v) is 11.3. The van der Waals surface area contributed by atoms with Crippen molar-refractivity contribution in [3.05, 3.63) is 66.2 Å². The van der Waals surface area contributed by atoms with Crippen molar-refractivity contribution < 1.29 is 44.0 Å². The van der Waals surface area contributed by atoms with Crippen LogP contribution in [0.3, 0.4) is 0 Å². The summed E-state index contributed by atoms with van der Waals surface area (Å²) in [6.45, 7) is 0. The van der Waals surface area contributed by atoms with Crippen molar-refractivity contribution in [2.24, 2.45) is 15.3 Å². The van der Waals surface area contributed by atoms with E-state index in [1.165, 1.54) is 12.1 Å². The average Bonchev–Trinajstić information content (AvgIpc) is 2.80. The van der Waals surface area contributed by atoms with E-state index in [0.29, 0.717) is 12.1 Å². The lowest BCUT2D eigenvalue weighted by Gasteiger charge is -2.09. The number of phenols is 1. The molecule has 196 valence electrons. The van der Waals surface area contributed by atoms with Crippen LogP contribution in [0.5, 0.6) is 5.75 Å². The highest BCUT2D eigenvalue weighted by molar-refractivity contribution is 7.86. The number of amidine groups is 1. The number of azo groups is 1. The molecular weight excluding hydrogens is 554 g/mol. The van der Waals surface area contributed by atoms with E-state index in [0.717, 1.165) is 18.2 Å². The molecule has 15 nitrogen and oxygen atoms in total. The van der Waals surface area contributed by atoms with Gasteiger partial charge in [0.15, 0.2) is 5.75 Å². The number of benzene rings is 3. The fourth-order valence-electron chi connectivity index (χ4n) is 2.76. The van der Waals surface area contributed by atoms with Crippen molar-refractivity contribution in [1.29, 1.82) is 0 Å². The van der Waals surface area contributed by atoms with Crippen LogP contribution in [0.1, 0.15) is 5.56 Å². The summed E-state index contributed by atoms with van der Waals surface area (Å²) in [5.41, 5.74) is 6.65. The van der Waals surface area contributed by atoms with Crippen LogP contribution in [0.4, 0.5) is 17.1 Å². The first-order chi connectivity index (χ1) is 17.1. The van der Waals surface area contributed by atoms with Crippen LogP contribution in [0.2, 0.25) is 0 Å². The Bertz CT molecular complexity index is 1740. The number of nitrogens with one attached hydrogen (secondary N) is 1. The standard InChI is InChI=1S/C19H17N5O10S3/c20-14-8-13(36(29,30)31)10-16(18(14)25)22-24-19(11-4-2-1-3-5-11)23-21-15-9-12(35(26,27)28)6-7-17(15)37(32,33)34/h1-10,22,25H,20H2,(H,26,27,28)(H,29,30,31)(H,32,33,34). The molecule has 0 heterocycles. The maximum Gasteiger partial charge on any atom is 0.296 e. The van der Waals surface area contributed by atoms with E-state index in [2.05, 4.69) is 20.8 Å². The van der Waals surface area contributed by atoms with Gasteiger partial charge in [0.2, 0.25) is 5.84 Å². The summed E-state index contributed by atoms with van der Waals surface area (Å²) in [5.74, 6) is -0.940. The van der Waals surface area contributed by atoms with Gasteiger partial charge in [-0.3, -0.25) is 19.1 Å². The van der Waals surface area contributed by atoms with E-state index in [9.17, 15) is 44.0 Å². The van der Waals surface area contributed by atoms with Crippen LogP contribution in [-0.4, -0.2) is 49.9 Å². The van der Waals surface area contributed by atoms with Gasteiger partial charge in [0, 0.05) is 5.56 Å². The lowest BCUT2D eigenvalue weighted by atomic mass is 10.2. The maximum absolute atomic E-state index is 11.7. The molecule has 18 heteroatoms. The molecule has 0 aliphatic heterocycles. The van der Waals surface area contributed by atoms with E-state index < -0.39 is 62.2 Å². The largest absolute Gasteiger partial charge is 0.504 e. The molecule has 7 N–H and O–H groups in total. The third kappa shape index (κ3) is 6.84. The van der Waals surface area contributed by atoms with Gasteiger partial charge in [-0.2, -0.15) is 30.4 Å². The predicted octanol–water partition coefficient (Wildman–Crippen LogP) is 2.27. The van der Waals surface area contributed by atoms with Crippen molar-refractivity contribution in [3.8, 4) is 5.75 Å². The molecule has 0 spiro atoms. The van der Waals surface area contributed by atoms with E-state index in [1.54, 1.807) is 18.2 Å². The van der Waals surface area contributed by atoms with Gasteiger partial charge in [0.1, 0.15) is 16.3 Å². The normalized spacial score (nSPS) is 13.1. The fourth-order valence-corrected chi connectivity index (χ4v) is 4.41. The number of anilines is 2. The number of phenolic OH excluding ortho intramolecular Hbond substituents is 1. The number of nitrogen functional groups attached to an aromatic ring is 1. The third-order valence-corrected chi connectivity index (χ3v) is 7.07. The Labute approximate surface area is 210 Å². The van der Waals surface area contributed by atoms with Crippen LogP contribution in [-0.2, 0) is 30.4 Å². The van der Waals surface area contributed by atoms with Crippen molar-refractivity contribution >= 4 is 53.3 Å². The minimum absolute atomic E-state index is 0.247. The Morgan fingerprint density at radius 3 is 1.97 bits per heavy atom. The molecule has 0 amide bonds. The zero-order chi connectivity index (χ0) is 27.6. The first kappa shape index (κ1) is 27.6. The highest BCUT2D eigenvalue weighted by atomic mass is 32.2. The molecule has 0 bridgehead atoms. The molecule has 0 fully saturated rings. The van der Waals surface area contributed by atoms with Crippen molar-refractivity contribution in [2.75, 3.05) is 11.2 Å². The monoisotopic (exact) mass is 571 g/mol. The smallest absolute Gasteiger partial charge is 0.296 e. The molecule has 0 saturated carbocycles. The number of hydrazone groups is 1. The van der Waals surface area contributed by atoms with Gasteiger partial charge in [0.25, 0.3) is 30.4 Å². The number of rotatable bonds is 7. The molecule has 0 aromatic heterocycles. The molecule has 3 aromatic rings. The number of nitrogens with two attached hydrogens (primary N) is 1. The highest BCUT2D eigenvalue weighted by Gasteiger charge is 2.20. The molecule has 0 aliphatic carbocycles. The lowest BCUT2D eigenvalue weighted by molar-refractivity contribution is 0.476. The Balaban J connectivity index is 2.15.